The summed E-state index contributed by atoms with van der Waals surface area (Å²) in [7, 11) is -1.86. The summed E-state index contributed by atoms with van der Waals surface area (Å²) in [6.07, 6.45) is -1.02. The third-order valence-electron chi connectivity index (χ3n) is 9.41. The number of benzene rings is 4. The number of aromatic hydroxyl groups is 1. The van der Waals surface area contributed by atoms with Crippen LogP contribution in [0.15, 0.2) is 131 Å². The molecule has 4 aromatic carbocycles. The van der Waals surface area contributed by atoms with Crippen LogP contribution in [0.25, 0.3) is 22.5 Å². The molecule has 0 fully saturated rings. The van der Waals surface area contributed by atoms with Crippen LogP contribution in [0.5, 0.6) is 11.5 Å². The molecule has 0 aliphatic carbocycles. The minimum atomic E-state index is -1.86. The van der Waals surface area contributed by atoms with Gasteiger partial charge in [0.15, 0.2) is 0 Å². The molecule has 6 aromatic rings. The fourth-order valence-electron chi connectivity index (χ4n) is 5.29. The van der Waals surface area contributed by atoms with Crippen molar-refractivity contribution in [2.75, 3.05) is 23.8 Å². The molecule has 2 heterocycles. The standard InChI is InChI=1S/C20H19N3O4.C16H22N2O2Si.C10H13NO3/c1-2-27-20(26)21-16-7-3-5-14(11-16)13-23-19(25)10-9-18(22-23)15-6-4-8-17(24)12-15;1-16(2,3)21(4,5)20-13-8-6-7-12(11-13)14-9-10-15(19)18-17-14;1-2-14-10(13)11-9-5-3-4-8(6-9)7-12/h3-12,24H,2,13H2,1H3,(H,21,26);6-11H,1-5H3,(H,18,19);3-6,12H,2,7H2,1H3,(H,11,13). The van der Waals surface area contributed by atoms with Crippen LogP contribution in [-0.2, 0) is 22.6 Å². The highest BCUT2D eigenvalue weighted by Crippen LogP contribution is 2.38. The van der Waals surface area contributed by atoms with Crippen LogP contribution in [0.4, 0.5) is 21.0 Å². The zero-order valence-corrected chi connectivity index (χ0v) is 37.0. The number of aliphatic hydroxyl groups excluding tert-OH is 1. The first-order valence-corrected chi connectivity index (χ1v) is 22.8. The number of carbonyl (C=O) groups is 2. The number of amides is 2. The quantitative estimate of drug-likeness (QED) is 0.0778. The maximum absolute atomic E-state index is 12.2. The molecule has 0 aliphatic rings. The lowest BCUT2D eigenvalue weighted by atomic mass is 10.1. The number of aliphatic hydroxyl groups is 1. The van der Waals surface area contributed by atoms with E-state index in [2.05, 4.69) is 59.8 Å². The van der Waals surface area contributed by atoms with Crippen molar-refractivity contribution in [2.24, 2.45) is 0 Å². The van der Waals surface area contributed by atoms with E-state index in [1.165, 1.54) is 16.8 Å². The van der Waals surface area contributed by atoms with Gasteiger partial charge >= 0.3 is 12.2 Å². The number of aromatic nitrogens is 4. The molecule has 2 amide bonds. The monoisotopic (exact) mass is 862 g/mol. The number of nitrogens with one attached hydrogen (secondary N) is 3. The van der Waals surface area contributed by atoms with Gasteiger partial charge in [-0.3, -0.25) is 20.2 Å². The van der Waals surface area contributed by atoms with Crippen LogP contribution >= 0.6 is 0 Å². The van der Waals surface area contributed by atoms with Crippen molar-refractivity contribution in [3.05, 3.63) is 153 Å². The Kier molecular flexibility index (Phi) is 17.3. The van der Waals surface area contributed by atoms with Gasteiger partial charge in [-0.2, -0.15) is 10.2 Å². The van der Waals surface area contributed by atoms with E-state index in [1.807, 2.05) is 30.3 Å². The molecule has 0 unspecified atom stereocenters. The first kappa shape index (κ1) is 47.6. The zero-order valence-electron chi connectivity index (χ0n) is 36.0. The highest BCUT2D eigenvalue weighted by Gasteiger charge is 2.39. The number of hydrogen-bond donors (Lipinski definition) is 5. The normalized spacial score (nSPS) is 10.8. The molecular weight excluding hydrogens is 809 g/mol. The summed E-state index contributed by atoms with van der Waals surface area (Å²) in [5.41, 5.74) is 5.24. The Hall–Kier alpha value is -7.04. The van der Waals surface area contributed by atoms with Gasteiger partial charge in [-0.15, -0.1) is 0 Å². The number of aromatic amines is 1. The molecule has 62 heavy (non-hydrogen) atoms. The number of hydrogen-bond acceptors (Lipinski definition) is 11. The fourth-order valence-corrected chi connectivity index (χ4v) is 6.31. The van der Waals surface area contributed by atoms with Crippen molar-refractivity contribution in [1.82, 2.24) is 20.0 Å². The van der Waals surface area contributed by atoms with E-state index in [-0.39, 0.29) is 41.7 Å². The lowest BCUT2D eigenvalue weighted by molar-refractivity contribution is 0.167. The number of rotatable bonds is 11. The van der Waals surface area contributed by atoms with Crippen LogP contribution in [0.3, 0.4) is 0 Å². The van der Waals surface area contributed by atoms with Crippen molar-refractivity contribution in [1.29, 1.82) is 0 Å². The Bertz CT molecular complexity index is 2510. The second-order valence-corrected chi connectivity index (χ2v) is 19.9. The van der Waals surface area contributed by atoms with Crippen LogP contribution in [-0.4, -0.2) is 63.9 Å². The number of phenolic OH excluding ortho intramolecular Hbond substituents is 1. The fraction of sp³-hybridized carbons (Fsp3) is 0.261. The van der Waals surface area contributed by atoms with Crippen molar-refractivity contribution < 1.29 is 33.7 Å². The minimum Gasteiger partial charge on any atom is -0.543 e. The lowest BCUT2D eigenvalue weighted by Crippen LogP contribution is -2.43. The molecule has 0 saturated heterocycles. The number of carbonyl (C=O) groups excluding carboxylic acids is 2. The SMILES string of the molecule is CC(C)(C)[Si](C)(C)Oc1cccc(-c2ccc(=O)[nH]n2)c1.CCOC(=O)Nc1cccc(CO)c1.CCOC(=O)Nc1cccc(Cn2nc(-c3cccc(O)c3)ccc2=O)c1. The number of anilines is 2. The average Bonchev–Trinajstić information content (AvgIpc) is 3.22. The first-order valence-electron chi connectivity index (χ1n) is 19.9. The van der Waals surface area contributed by atoms with E-state index in [0.717, 1.165) is 28.1 Å². The van der Waals surface area contributed by atoms with E-state index in [1.54, 1.807) is 92.7 Å². The van der Waals surface area contributed by atoms with Crippen LogP contribution in [0.2, 0.25) is 18.1 Å². The molecule has 0 spiro atoms. The topological polar surface area (TPSA) is 207 Å². The number of phenols is 1. The van der Waals surface area contributed by atoms with Crippen molar-refractivity contribution in [2.45, 2.75) is 65.9 Å². The highest BCUT2D eigenvalue weighted by atomic mass is 28.4. The molecule has 0 bridgehead atoms. The Labute approximate surface area is 361 Å². The maximum Gasteiger partial charge on any atom is 0.411 e. The Balaban J connectivity index is 0.000000215. The van der Waals surface area contributed by atoms with E-state index in [4.69, 9.17) is 19.0 Å². The smallest absolute Gasteiger partial charge is 0.411 e. The van der Waals surface area contributed by atoms with Gasteiger partial charge in [0.25, 0.3) is 11.1 Å². The molecular formula is C46H54N6O9Si. The molecule has 326 valence electrons. The molecule has 15 nitrogen and oxygen atoms in total. The van der Waals surface area contributed by atoms with E-state index < -0.39 is 20.5 Å². The van der Waals surface area contributed by atoms with Gasteiger partial charge in [0, 0.05) is 34.6 Å². The van der Waals surface area contributed by atoms with Crippen LogP contribution in [0, 0.1) is 0 Å². The van der Waals surface area contributed by atoms with Gasteiger partial charge in [0.1, 0.15) is 11.5 Å². The predicted molar refractivity (Wildman–Crippen MR) is 243 cm³/mol. The van der Waals surface area contributed by atoms with Gasteiger partial charge in [-0.25, -0.2) is 19.4 Å². The van der Waals surface area contributed by atoms with Crippen LogP contribution < -0.4 is 26.2 Å². The van der Waals surface area contributed by atoms with E-state index in [9.17, 15) is 24.3 Å². The molecule has 2 aromatic heterocycles. The molecule has 5 N–H and O–H groups in total. The summed E-state index contributed by atoms with van der Waals surface area (Å²) in [6.45, 7) is 15.4. The molecule has 0 radical (unpaired) electrons. The Morgan fingerprint density at radius 3 is 1.85 bits per heavy atom. The summed E-state index contributed by atoms with van der Waals surface area (Å²) < 4.78 is 17.2. The molecule has 0 aliphatic heterocycles. The third kappa shape index (κ3) is 14.9. The Morgan fingerprint density at radius 2 is 1.29 bits per heavy atom. The first-order chi connectivity index (χ1) is 29.5. The second-order valence-electron chi connectivity index (χ2n) is 15.2. The van der Waals surface area contributed by atoms with Crippen LogP contribution in [0.1, 0.15) is 45.7 Å². The predicted octanol–water partition coefficient (Wildman–Crippen LogP) is 8.80. The average molecular weight is 863 g/mol. The molecule has 6 rings (SSSR count). The largest absolute Gasteiger partial charge is 0.543 e. The molecule has 0 saturated carbocycles. The zero-order chi connectivity index (χ0) is 45.3. The summed E-state index contributed by atoms with van der Waals surface area (Å²) in [4.78, 5) is 45.8. The summed E-state index contributed by atoms with van der Waals surface area (Å²) in [6, 6.07) is 34.8. The highest BCUT2D eigenvalue weighted by molar-refractivity contribution is 6.74. The van der Waals surface area contributed by atoms with E-state index >= 15 is 0 Å². The van der Waals surface area contributed by atoms with E-state index in [0.29, 0.717) is 29.2 Å². The maximum atomic E-state index is 12.2. The van der Waals surface area contributed by atoms with Gasteiger partial charge in [-0.1, -0.05) is 69.3 Å². The third-order valence-corrected chi connectivity index (χ3v) is 13.8. The van der Waals surface area contributed by atoms with Gasteiger partial charge < -0.3 is 24.1 Å². The summed E-state index contributed by atoms with van der Waals surface area (Å²) in [5.74, 6) is 0.983. The Morgan fingerprint density at radius 1 is 0.726 bits per heavy atom. The van der Waals surface area contributed by atoms with Crippen molar-refractivity contribution in [3.8, 4) is 34.0 Å². The minimum absolute atomic E-state index is 0.0433. The molecule has 16 heteroatoms. The van der Waals surface area contributed by atoms with Gasteiger partial charge in [-0.05, 0) is 104 Å². The van der Waals surface area contributed by atoms with Gasteiger partial charge in [0.2, 0.25) is 8.32 Å². The summed E-state index contributed by atoms with van der Waals surface area (Å²) >= 11 is 0. The number of ether oxygens (including phenoxy) is 2. The molecule has 0 atom stereocenters. The second kappa shape index (κ2) is 22.5. The van der Waals surface area contributed by atoms with Crippen molar-refractivity contribution in [3.63, 3.8) is 0 Å². The van der Waals surface area contributed by atoms with Crippen molar-refractivity contribution >= 4 is 31.9 Å². The van der Waals surface area contributed by atoms with Gasteiger partial charge in [0.05, 0.1) is 37.8 Å². The number of nitrogens with zero attached hydrogens (tertiary/aromatic N) is 3. The lowest BCUT2D eigenvalue weighted by Gasteiger charge is -2.36. The number of H-pyrrole nitrogens is 1. The summed E-state index contributed by atoms with van der Waals surface area (Å²) in [5, 5.41) is 34.7.